The minimum Gasteiger partial charge on any atom is -0.312 e. The highest BCUT2D eigenvalue weighted by atomic mass is 15.3. The van der Waals surface area contributed by atoms with Crippen molar-refractivity contribution in [3.8, 4) is 0 Å². The van der Waals surface area contributed by atoms with Gasteiger partial charge in [-0.2, -0.15) is 0 Å². The van der Waals surface area contributed by atoms with Crippen molar-refractivity contribution in [3.63, 3.8) is 0 Å². The third-order valence-electron chi connectivity index (χ3n) is 5.46. The standard InChI is InChI=1S/C17H33N3/c1-2-9-18-17(15-6-7-15)14-19-12-8-16(13-19)20-10-4-3-5-11-20/h15-18H,2-14H2,1H3. The first-order chi connectivity index (χ1) is 9.86. The van der Waals surface area contributed by atoms with Gasteiger partial charge in [-0.1, -0.05) is 13.3 Å². The number of nitrogens with one attached hydrogen (secondary N) is 1. The summed E-state index contributed by atoms with van der Waals surface area (Å²) in [6.07, 6.45) is 9.91. The van der Waals surface area contributed by atoms with Crippen LogP contribution in [-0.2, 0) is 0 Å². The fraction of sp³-hybridized carbons (Fsp3) is 1.00. The summed E-state index contributed by atoms with van der Waals surface area (Å²) in [5, 5.41) is 3.80. The maximum atomic E-state index is 3.80. The van der Waals surface area contributed by atoms with Gasteiger partial charge >= 0.3 is 0 Å². The molecule has 0 spiro atoms. The minimum absolute atomic E-state index is 0.773. The lowest BCUT2D eigenvalue weighted by atomic mass is 10.1. The van der Waals surface area contributed by atoms with Crippen LogP contribution < -0.4 is 5.32 Å². The van der Waals surface area contributed by atoms with Crippen LogP contribution >= 0.6 is 0 Å². The number of piperidine rings is 1. The van der Waals surface area contributed by atoms with Crippen LogP contribution in [0.5, 0.6) is 0 Å². The normalized spacial score (nSPS) is 30.8. The highest BCUT2D eigenvalue weighted by Gasteiger charge is 2.35. The molecule has 2 unspecified atom stereocenters. The molecular formula is C17H33N3. The van der Waals surface area contributed by atoms with Gasteiger partial charge in [0.1, 0.15) is 0 Å². The fourth-order valence-corrected chi connectivity index (χ4v) is 4.05. The first-order valence-corrected chi connectivity index (χ1v) is 9.06. The second-order valence-corrected chi connectivity index (χ2v) is 7.20. The zero-order valence-electron chi connectivity index (χ0n) is 13.3. The lowest BCUT2D eigenvalue weighted by Gasteiger charge is -2.32. The monoisotopic (exact) mass is 279 g/mol. The molecule has 2 aliphatic heterocycles. The molecule has 2 atom stereocenters. The predicted molar refractivity (Wildman–Crippen MR) is 85.1 cm³/mol. The van der Waals surface area contributed by atoms with Crippen LogP contribution in [0, 0.1) is 5.92 Å². The summed E-state index contributed by atoms with van der Waals surface area (Å²) in [5.41, 5.74) is 0. The molecule has 3 rings (SSSR count). The molecule has 0 aromatic carbocycles. The average molecular weight is 279 g/mol. The van der Waals surface area contributed by atoms with Crippen LogP contribution in [0.15, 0.2) is 0 Å². The van der Waals surface area contributed by atoms with E-state index in [1.807, 2.05) is 0 Å². The number of likely N-dealkylation sites (tertiary alicyclic amines) is 2. The Kier molecular flexibility index (Phi) is 5.36. The van der Waals surface area contributed by atoms with E-state index in [4.69, 9.17) is 0 Å². The third-order valence-corrected chi connectivity index (χ3v) is 5.46. The Bertz CT molecular complexity index is 284. The Labute approximate surface area is 125 Å². The summed E-state index contributed by atoms with van der Waals surface area (Å²) in [6, 6.07) is 1.64. The average Bonchev–Trinajstić information content (AvgIpc) is 3.23. The van der Waals surface area contributed by atoms with Crippen molar-refractivity contribution in [2.45, 2.75) is 64.0 Å². The Morgan fingerprint density at radius 1 is 1.05 bits per heavy atom. The SMILES string of the molecule is CCCNC(CN1CCC(N2CCCCC2)C1)C1CC1. The molecule has 0 amide bonds. The van der Waals surface area contributed by atoms with E-state index in [-0.39, 0.29) is 0 Å². The molecule has 20 heavy (non-hydrogen) atoms. The Morgan fingerprint density at radius 3 is 2.55 bits per heavy atom. The van der Waals surface area contributed by atoms with Gasteiger partial charge in [-0.05, 0) is 70.6 Å². The van der Waals surface area contributed by atoms with Crippen molar-refractivity contribution in [3.05, 3.63) is 0 Å². The molecule has 3 aliphatic rings. The molecule has 1 aliphatic carbocycles. The van der Waals surface area contributed by atoms with Crippen molar-refractivity contribution >= 4 is 0 Å². The molecule has 0 aromatic heterocycles. The molecule has 0 aromatic rings. The van der Waals surface area contributed by atoms with E-state index in [2.05, 4.69) is 22.0 Å². The number of nitrogens with zero attached hydrogens (tertiary/aromatic N) is 2. The molecule has 1 N–H and O–H groups in total. The Balaban J connectivity index is 1.43. The fourth-order valence-electron chi connectivity index (χ4n) is 4.05. The lowest BCUT2D eigenvalue weighted by molar-refractivity contribution is 0.159. The van der Waals surface area contributed by atoms with E-state index in [0.717, 1.165) is 18.0 Å². The molecule has 116 valence electrons. The van der Waals surface area contributed by atoms with E-state index in [0.29, 0.717) is 0 Å². The molecule has 2 heterocycles. The predicted octanol–water partition coefficient (Wildman–Crippen LogP) is 2.32. The molecule has 3 nitrogen and oxygen atoms in total. The van der Waals surface area contributed by atoms with Crippen LogP contribution in [0.1, 0.15) is 51.9 Å². The van der Waals surface area contributed by atoms with Gasteiger partial charge in [0.05, 0.1) is 0 Å². The molecule has 3 fully saturated rings. The number of rotatable bonds is 7. The first-order valence-electron chi connectivity index (χ1n) is 9.06. The zero-order chi connectivity index (χ0) is 13.8. The van der Waals surface area contributed by atoms with Crippen LogP contribution in [0.4, 0.5) is 0 Å². The van der Waals surface area contributed by atoms with E-state index in [1.165, 1.54) is 84.2 Å². The largest absolute Gasteiger partial charge is 0.312 e. The summed E-state index contributed by atoms with van der Waals surface area (Å²) in [5.74, 6) is 0.982. The molecule has 3 heteroatoms. The van der Waals surface area contributed by atoms with E-state index in [9.17, 15) is 0 Å². The van der Waals surface area contributed by atoms with Gasteiger partial charge < -0.3 is 10.2 Å². The van der Waals surface area contributed by atoms with E-state index < -0.39 is 0 Å². The third kappa shape index (κ3) is 3.96. The summed E-state index contributed by atoms with van der Waals surface area (Å²) in [4.78, 5) is 5.51. The molecule has 0 radical (unpaired) electrons. The van der Waals surface area contributed by atoms with Crippen molar-refractivity contribution in [1.82, 2.24) is 15.1 Å². The topological polar surface area (TPSA) is 18.5 Å². The van der Waals surface area contributed by atoms with Gasteiger partial charge in [0.15, 0.2) is 0 Å². The van der Waals surface area contributed by atoms with Gasteiger partial charge in [0.2, 0.25) is 0 Å². The smallest absolute Gasteiger partial charge is 0.0235 e. The van der Waals surface area contributed by atoms with Gasteiger partial charge in [0, 0.05) is 25.2 Å². The summed E-state index contributed by atoms with van der Waals surface area (Å²) in [7, 11) is 0. The lowest BCUT2D eigenvalue weighted by Crippen LogP contribution is -2.44. The maximum absolute atomic E-state index is 3.80. The zero-order valence-corrected chi connectivity index (χ0v) is 13.3. The van der Waals surface area contributed by atoms with Crippen LogP contribution in [0.25, 0.3) is 0 Å². The highest BCUT2D eigenvalue weighted by molar-refractivity contribution is 4.92. The summed E-state index contributed by atoms with van der Waals surface area (Å²) >= 11 is 0. The Morgan fingerprint density at radius 2 is 1.85 bits per heavy atom. The van der Waals surface area contributed by atoms with Crippen LogP contribution in [0.3, 0.4) is 0 Å². The molecule has 1 saturated carbocycles. The second-order valence-electron chi connectivity index (χ2n) is 7.20. The van der Waals surface area contributed by atoms with Crippen molar-refractivity contribution < 1.29 is 0 Å². The van der Waals surface area contributed by atoms with Gasteiger partial charge in [-0.3, -0.25) is 4.90 Å². The maximum Gasteiger partial charge on any atom is 0.0235 e. The summed E-state index contributed by atoms with van der Waals surface area (Å²) < 4.78 is 0. The van der Waals surface area contributed by atoms with Crippen LogP contribution in [0.2, 0.25) is 0 Å². The van der Waals surface area contributed by atoms with Crippen molar-refractivity contribution in [2.75, 3.05) is 39.3 Å². The van der Waals surface area contributed by atoms with E-state index >= 15 is 0 Å². The second kappa shape index (κ2) is 7.24. The number of hydrogen-bond donors (Lipinski definition) is 1. The van der Waals surface area contributed by atoms with Gasteiger partial charge in [-0.25, -0.2) is 0 Å². The summed E-state index contributed by atoms with van der Waals surface area (Å²) in [6.45, 7) is 10.2. The minimum atomic E-state index is 0.773. The van der Waals surface area contributed by atoms with Crippen molar-refractivity contribution in [2.24, 2.45) is 5.92 Å². The molecule has 2 saturated heterocycles. The highest BCUT2D eigenvalue weighted by Crippen LogP contribution is 2.33. The van der Waals surface area contributed by atoms with Gasteiger partial charge in [0.25, 0.3) is 0 Å². The van der Waals surface area contributed by atoms with Crippen molar-refractivity contribution in [1.29, 1.82) is 0 Å². The van der Waals surface area contributed by atoms with Crippen LogP contribution in [-0.4, -0.2) is 61.2 Å². The molecular weight excluding hydrogens is 246 g/mol. The quantitative estimate of drug-likeness (QED) is 0.771. The first kappa shape index (κ1) is 14.8. The molecule has 0 bridgehead atoms. The number of hydrogen-bond acceptors (Lipinski definition) is 3. The van der Waals surface area contributed by atoms with Gasteiger partial charge in [-0.15, -0.1) is 0 Å². The van der Waals surface area contributed by atoms with E-state index in [1.54, 1.807) is 0 Å². The Hall–Kier alpha value is -0.120.